The lowest BCUT2D eigenvalue weighted by molar-refractivity contribution is -0.220. The quantitative estimate of drug-likeness (QED) is 0.0147. The zero-order chi connectivity index (χ0) is 44.3. The molecule has 0 aliphatic heterocycles. The molecule has 60 heavy (non-hydrogen) atoms. The highest BCUT2D eigenvalue weighted by atomic mass is 31.2. The lowest BCUT2D eigenvalue weighted by Gasteiger charge is -2.41. The molecule has 0 aromatic carbocycles. The first-order chi connectivity index (χ1) is 28.9. The van der Waals surface area contributed by atoms with Gasteiger partial charge in [0.1, 0.15) is 43.2 Å². The molecule has 6 N–H and O–H groups in total. The molecule has 0 spiro atoms. The molecule has 0 aromatic heterocycles. The van der Waals surface area contributed by atoms with Gasteiger partial charge in [-0.15, -0.1) is 0 Å². The molecule has 354 valence electrons. The first kappa shape index (κ1) is 56.6. The molecular formula is C46H87O13P. The standard InChI is InChI=1S/C46H87O13P/c1-3-5-7-9-11-13-15-17-18-19-20-21-23-25-27-29-31-33-35-40(48)58-38(37-57-60(54,55)59-46-44(52)42(50)41(49)43(51)45(46)53)36-56-39(47)34-32-30-28-26-24-22-16-14-12-10-8-6-4-2/h18-19,38,41-46,49-53H,3-17,20-37H2,1-2H3,(H,54,55)/b19-18-. The van der Waals surface area contributed by atoms with E-state index in [1.165, 1.54) is 122 Å². The smallest absolute Gasteiger partial charge is 0.462 e. The molecular weight excluding hydrogens is 791 g/mol. The number of esters is 2. The number of hydrogen-bond donors (Lipinski definition) is 6. The molecule has 0 amide bonds. The molecule has 1 aliphatic carbocycles. The molecule has 0 radical (unpaired) electrons. The van der Waals surface area contributed by atoms with Crippen molar-refractivity contribution in [2.45, 2.75) is 256 Å². The van der Waals surface area contributed by atoms with Gasteiger partial charge in [-0.1, -0.05) is 174 Å². The molecule has 1 aliphatic rings. The Labute approximate surface area is 363 Å². The summed E-state index contributed by atoms with van der Waals surface area (Å²) in [5.74, 6) is -1.09. The predicted molar refractivity (Wildman–Crippen MR) is 235 cm³/mol. The summed E-state index contributed by atoms with van der Waals surface area (Å²) in [7, 11) is -5.11. The first-order valence-corrected chi connectivity index (χ1v) is 25.5. The Morgan fingerprint density at radius 3 is 1.27 bits per heavy atom. The van der Waals surface area contributed by atoms with Crippen molar-refractivity contribution < 1.29 is 63.1 Å². The highest BCUT2D eigenvalue weighted by Gasteiger charge is 2.51. The fraction of sp³-hybridized carbons (Fsp3) is 0.913. The van der Waals surface area contributed by atoms with Crippen molar-refractivity contribution in [2.24, 2.45) is 0 Å². The van der Waals surface area contributed by atoms with Crippen LogP contribution in [0.4, 0.5) is 0 Å². The van der Waals surface area contributed by atoms with E-state index in [4.69, 9.17) is 18.5 Å². The van der Waals surface area contributed by atoms with Gasteiger partial charge in [-0.25, -0.2) is 4.57 Å². The molecule has 14 heteroatoms. The number of carbonyl (C=O) groups is 2. The molecule has 0 heterocycles. The number of carbonyl (C=O) groups excluding carboxylic acids is 2. The van der Waals surface area contributed by atoms with Crippen LogP contribution in [0.15, 0.2) is 12.2 Å². The van der Waals surface area contributed by atoms with Crippen LogP contribution in [0, 0.1) is 0 Å². The van der Waals surface area contributed by atoms with Crippen LogP contribution in [0.1, 0.15) is 213 Å². The van der Waals surface area contributed by atoms with Crippen LogP contribution in [0.5, 0.6) is 0 Å². The monoisotopic (exact) mass is 879 g/mol. The van der Waals surface area contributed by atoms with Crippen molar-refractivity contribution in [1.82, 2.24) is 0 Å². The summed E-state index contributed by atoms with van der Waals surface area (Å²) in [4.78, 5) is 35.7. The topological polar surface area (TPSA) is 210 Å². The number of allylic oxidation sites excluding steroid dienone is 2. The Hall–Kier alpha value is -1.41. The van der Waals surface area contributed by atoms with Gasteiger partial charge in [-0.05, 0) is 38.5 Å². The molecule has 13 nitrogen and oxygen atoms in total. The summed E-state index contributed by atoms with van der Waals surface area (Å²) in [5, 5.41) is 50.1. The molecule has 6 atom stereocenters. The van der Waals surface area contributed by atoms with E-state index >= 15 is 0 Å². The molecule has 0 bridgehead atoms. The predicted octanol–water partition coefficient (Wildman–Crippen LogP) is 9.45. The number of unbranched alkanes of at least 4 members (excludes halogenated alkanes) is 26. The van der Waals surface area contributed by atoms with Crippen molar-refractivity contribution in [3.63, 3.8) is 0 Å². The number of rotatable bonds is 40. The van der Waals surface area contributed by atoms with Crippen LogP contribution >= 0.6 is 7.82 Å². The van der Waals surface area contributed by atoms with E-state index in [9.17, 15) is 44.6 Å². The van der Waals surface area contributed by atoms with Crippen LogP contribution in [0.3, 0.4) is 0 Å². The largest absolute Gasteiger partial charge is 0.472 e. The van der Waals surface area contributed by atoms with Crippen molar-refractivity contribution in [3.8, 4) is 0 Å². The van der Waals surface area contributed by atoms with E-state index in [0.29, 0.717) is 12.8 Å². The van der Waals surface area contributed by atoms with E-state index in [0.717, 1.165) is 51.4 Å². The molecule has 0 aromatic rings. The fourth-order valence-electron chi connectivity index (χ4n) is 7.46. The van der Waals surface area contributed by atoms with Gasteiger partial charge in [0.25, 0.3) is 0 Å². The minimum Gasteiger partial charge on any atom is -0.462 e. The van der Waals surface area contributed by atoms with Crippen LogP contribution < -0.4 is 0 Å². The Balaban J connectivity index is 2.43. The van der Waals surface area contributed by atoms with Crippen LogP contribution in [0.25, 0.3) is 0 Å². The summed E-state index contributed by atoms with van der Waals surface area (Å²) in [5.41, 5.74) is 0. The van der Waals surface area contributed by atoms with E-state index in [-0.39, 0.29) is 12.8 Å². The number of phosphoric acid groups is 1. The van der Waals surface area contributed by atoms with Crippen molar-refractivity contribution in [2.75, 3.05) is 13.2 Å². The second-order valence-electron chi connectivity index (χ2n) is 17.0. The first-order valence-electron chi connectivity index (χ1n) is 24.0. The second kappa shape index (κ2) is 37.0. The summed E-state index contributed by atoms with van der Waals surface area (Å²) in [6.07, 6.45) is 25.5. The zero-order valence-corrected chi connectivity index (χ0v) is 38.4. The lowest BCUT2D eigenvalue weighted by atomic mass is 9.85. The Kier molecular flexibility index (Phi) is 34.9. The van der Waals surface area contributed by atoms with E-state index in [1.54, 1.807) is 0 Å². The highest BCUT2D eigenvalue weighted by molar-refractivity contribution is 7.47. The van der Waals surface area contributed by atoms with E-state index in [1.807, 2.05) is 0 Å². The average molecular weight is 879 g/mol. The summed E-state index contributed by atoms with van der Waals surface area (Å²) >= 11 is 0. The van der Waals surface area contributed by atoms with Gasteiger partial charge in [0.05, 0.1) is 6.61 Å². The number of aliphatic hydroxyl groups is 5. The number of aliphatic hydroxyl groups excluding tert-OH is 5. The van der Waals surface area contributed by atoms with Crippen molar-refractivity contribution in [1.29, 1.82) is 0 Å². The Bertz CT molecular complexity index is 1110. The Morgan fingerprint density at radius 1 is 0.500 bits per heavy atom. The average Bonchev–Trinajstić information content (AvgIpc) is 3.23. The van der Waals surface area contributed by atoms with Gasteiger partial charge >= 0.3 is 19.8 Å². The molecule has 1 rings (SSSR count). The van der Waals surface area contributed by atoms with Gasteiger partial charge in [-0.3, -0.25) is 18.6 Å². The van der Waals surface area contributed by atoms with Gasteiger partial charge in [0, 0.05) is 12.8 Å². The third-order valence-corrected chi connectivity index (χ3v) is 12.3. The normalized spacial score (nSPS) is 22.2. The number of hydrogen-bond acceptors (Lipinski definition) is 12. The maximum absolute atomic E-state index is 12.8. The molecule has 1 saturated carbocycles. The highest BCUT2D eigenvalue weighted by Crippen LogP contribution is 2.47. The van der Waals surface area contributed by atoms with E-state index in [2.05, 4.69) is 26.0 Å². The fourth-order valence-corrected chi connectivity index (χ4v) is 8.43. The van der Waals surface area contributed by atoms with Crippen LogP contribution in [-0.2, 0) is 32.7 Å². The van der Waals surface area contributed by atoms with E-state index < -0.39 is 75.7 Å². The van der Waals surface area contributed by atoms with Gasteiger partial charge < -0.3 is 39.9 Å². The minimum atomic E-state index is -5.11. The third kappa shape index (κ3) is 29.0. The summed E-state index contributed by atoms with van der Waals surface area (Å²) in [6.45, 7) is 3.31. The minimum absolute atomic E-state index is 0.0960. The second-order valence-corrected chi connectivity index (χ2v) is 18.4. The SMILES string of the molecule is CCCCCCCCC/C=C\CCCCCCCCCC(=O)OC(COC(=O)CCCCCCCCCCCCCCC)COP(=O)(O)OC1C(O)C(O)C(O)C(O)C1O. The van der Waals surface area contributed by atoms with Gasteiger partial charge in [0.2, 0.25) is 0 Å². The zero-order valence-electron chi connectivity index (χ0n) is 37.5. The molecule has 0 saturated heterocycles. The van der Waals surface area contributed by atoms with Crippen molar-refractivity contribution >= 4 is 19.8 Å². The van der Waals surface area contributed by atoms with Crippen molar-refractivity contribution in [3.05, 3.63) is 12.2 Å². The van der Waals surface area contributed by atoms with Crippen LogP contribution in [-0.4, -0.2) is 98.3 Å². The van der Waals surface area contributed by atoms with Gasteiger partial charge in [0.15, 0.2) is 6.10 Å². The Morgan fingerprint density at radius 2 is 0.850 bits per heavy atom. The molecule has 6 unspecified atom stereocenters. The molecule has 1 fully saturated rings. The summed E-state index contributed by atoms with van der Waals surface area (Å²) in [6, 6.07) is 0. The van der Waals surface area contributed by atoms with Gasteiger partial charge in [-0.2, -0.15) is 0 Å². The summed E-state index contributed by atoms with van der Waals surface area (Å²) < 4.78 is 33.5. The lowest BCUT2D eigenvalue weighted by Crippen LogP contribution is -2.64. The number of ether oxygens (including phenoxy) is 2. The number of phosphoric ester groups is 1. The van der Waals surface area contributed by atoms with Crippen LogP contribution in [0.2, 0.25) is 0 Å². The maximum atomic E-state index is 12.8. The third-order valence-electron chi connectivity index (χ3n) is 11.4. The maximum Gasteiger partial charge on any atom is 0.472 e.